The third-order valence-electron chi connectivity index (χ3n) is 2.20. The van der Waals surface area contributed by atoms with Crippen molar-refractivity contribution in [1.82, 2.24) is 20.4 Å². The first-order valence-corrected chi connectivity index (χ1v) is 5.49. The van der Waals surface area contributed by atoms with Gasteiger partial charge in [0, 0.05) is 33.5 Å². The summed E-state index contributed by atoms with van der Waals surface area (Å²) in [5.41, 5.74) is 0. The number of nitrogens with zero attached hydrogens (tertiary/aromatic N) is 3. The van der Waals surface area contributed by atoms with Crippen LogP contribution in [0.5, 0.6) is 0 Å². The lowest BCUT2D eigenvalue weighted by Crippen LogP contribution is -2.39. The van der Waals surface area contributed by atoms with Crippen molar-refractivity contribution in [2.75, 3.05) is 20.1 Å². The van der Waals surface area contributed by atoms with Gasteiger partial charge in [0.1, 0.15) is 0 Å². The second kappa shape index (κ2) is 6.58. The van der Waals surface area contributed by atoms with Gasteiger partial charge in [-0.25, -0.2) is 4.79 Å². The summed E-state index contributed by atoms with van der Waals surface area (Å²) < 4.78 is 4.78. The highest BCUT2D eigenvalue weighted by Gasteiger charge is 2.10. The quantitative estimate of drug-likeness (QED) is 0.743. The first-order chi connectivity index (χ1) is 8.49. The molecule has 2 amide bonds. The van der Waals surface area contributed by atoms with Crippen LogP contribution in [0.1, 0.15) is 18.1 Å². The zero-order valence-electron chi connectivity index (χ0n) is 10.3. The normalized spacial score (nSPS) is 10.1. The van der Waals surface area contributed by atoms with E-state index in [4.69, 9.17) is 9.63 Å². The smallest absolute Gasteiger partial charge is 0.317 e. The van der Waals surface area contributed by atoms with Gasteiger partial charge in [-0.3, -0.25) is 4.79 Å². The molecule has 8 nitrogen and oxygen atoms in total. The summed E-state index contributed by atoms with van der Waals surface area (Å²) in [6.45, 7) is 2.23. The molecule has 8 heteroatoms. The Balaban J connectivity index is 2.22. The van der Waals surface area contributed by atoms with Gasteiger partial charge >= 0.3 is 12.0 Å². The van der Waals surface area contributed by atoms with Gasteiger partial charge in [0.2, 0.25) is 5.89 Å². The lowest BCUT2D eigenvalue weighted by molar-refractivity contribution is -0.137. The van der Waals surface area contributed by atoms with E-state index >= 15 is 0 Å². The number of aryl methyl sites for hydroxylation is 1. The Bertz CT molecular complexity index is 418. The predicted octanol–water partition coefficient (Wildman–Crippen LogP) is 0.0366. The molecule has 0 fully saturated rings. The Labute approximate surface area is 104 Å². The van der Waals surface area contributed by atoms with E-state index in [9.17, 15) is 9.59 Å². The van der Waals surface area contributed by atoms with E-state index in [1.807, 2.05) is 0 Å². The van der Waals surface area contributed by atoms with Crippen molar-refractivity contribution < 1.29 is 19.2 Å². The summed E-state index contributed by atoms with van der Waals surface area (Å²) in [7, 11) is 1.54. The number of nitrogens with one attached hydrogen (secondary N) is 1. The highest BCUT2D eigenvalue weighted by Crippen LogP contribution is 1.95. The van der Waals surface area contributed by atoms with Gasteiger partial charge < -0.3 is 19.8 Å². The van der Waals surface area contributed by atoms with Crippen LogP contribution in [0.4, 0.5) is 4.79 Å². The van der Waals surface area contributed by atoms with Crippen molar-refractivity contribution in [3.63, 3.8) is 0 Å². The van der Waals surface area contributed by atoms with E-state index in [1.54, 1.807) is 6.92 Å². The molecule has 2 N–H and O–H groups in total. The zero-order chi connectivity index (χ0) is 13.5. The van der Waals surface area contributed by atoms with Gasteiger partial charge in [0.25, 0.3) is 0 Å². The molecule has 100 valence electrons. The van der Waals surface area contributed by atoms with Crippen molar-refractivity contribution in [2.24, 2.45) is 0 Å². The molecule has 1 aromatic rings. The number of aliphatic carboxylic acids is 1. The standard InChI is InChI=1S/C10H16N4O4/c1-7-12-8(13-18-7)3-5-11-10(17)14(2)6-4-9(15)16/h3-6H2,1-2H3,(H,11,17)(H,15,16). The number of carboxylic acid groups (broad SMARTS) is 1. The van der Waals surface area contributed by atoms with E-state index in [1.165, 1.54) is 11.9 Å². The molecule has 0 radical (unpaired) electrons. The summed E-state index contributed by atoms with van der Waals surface area (Å²) in [4.78, 5) is 27.2. The Morgan fingerprint density at radius 1 is 1.50 bits per heavy atom. The number of aromatic nitrogens is 2. The van der Waals surface area contributed by atoms with Crippen molar-refractivity contribution in [1.29, 1.82) is 0 Å². The molecule has 0 unspecified atom stereocenters. The number of urea groups is 1. The van der Waals surface area contributed by atoms with Gasteiger partial charge in [0.05, 0.1) is 6.42 Å². The maximum absolute atomic E-state index is 11.5. The Kier molecular flexibility index (Phi) is 5.09. The predicted molar refractivity (Wildman–Crippen MR) is 61.0 cm³/mol. The molecule has 0 bridgehead atoms. The van der Waals surface area contributed by atoms with Crippen LogP contribution in [0.2, 0.25) is 0 Å². The number of amides is 2. The fourth-order valence-corrected chi connectivity index (χ4v) is 1.22. The van der Waals surface area contributed by atoms with Crippen LogP contribution in [-0.2, 0) is 11.2 Å². The van der Waals surface area contributed by atoms with Gasteiger partial charge in [-0.1, -0.05) is 5.16 Å². The van der Waals surface area contributed by atoms with Crippen molar-refractivity contribution >= 4 is 12.0 Å². The molecule has 0 atom stereocenters. The second-order valence-electron chi connectivity index (χ2n) is 3.78. The molecule has 1 heterocycles. The SMILES string of the molecule is Cc1nc(CCNC(=O)N(C)CCC(=O)O)no1. The molecular weight excluding hydrogens is 240 g/mol. The molecule has 0 aliphatic carbocycles. The van der Waals surface area contributed by atoms with E-state index in [2.05, 4.69) is 15.5 Å². The minimum absolute atomic E-state index is 0.0754. The molecule has 18 heavy (non-hydrogen) atoms. The Morgan fingerprint density at radius 3 is 2.78 bits per heavy atom. The number of hydrogen-bond donors (Lipinski definition) is 2. The molecule has 0 aromatic carbocycles. The lowest BCUT2D eigenvalue weighted by atomic mass is 10.4. The van der Waals surface area contributed by atoms with Gasteiger partial charge in [-0.05, 0) is 0 Å². The molecule has 0 saturated heterocycles. The summed E-state index contributed by atoms with van der Waals surface area (Å²) in [5, 5.41) is 14.8. The van der Waals surface area contributed by atoms with Gasteiger partial charge in [0.15, 0.2) is 5.82 Å². The number of rotatable bonds is 6. The number of carbonyl (C=O) groups excluding carboxylic acids is 1. The van der Waals surface area contributed by atoms with Crippen LogP contribution in [0.25, 0.3) is 0 Å². The lowest BCUT2D eigenvalue weighted by Gasteiger charge is -2.16. The fraction of sp³-hybridized carbons (Fsp3) is 0.600. The van der Waals surface area contributed by atoms with E-state index in [0.29, 0.717) is 24.7 Å². The molecule has 0 saturated carbocycles. The van der Waals surface area contributed by atoms with Crippen LogP contribution in [0.15, 0.2) is 4.52 Å². The number of carboxylic acids is 1. The van der Waals surface area contributed by atoms with Gasteiger partial charge in [-0.2, -0.15) is 4.98 Å². The molecular formula is C10H16N4O4. The monoisotopic (exact) mass is 256 g/mol. The fourth-order valence-electron chi connectivity index (χ4n) is 1.22. The van der Waals surface area contributed by atoms with Crippen molar-refractivity contribution in [2.45, 2.75) is 19.8 Å². The van der Waals surface area contributed by atoms with Crippen LogP contribution < -0.4 is 5.32 Å². The first-order valence-electron chi connectivity index (χ1n) is 5.49. The zero-order valence-corrected chi connectivity index (χ0v) is 10.3. The topological polar surface area (TPSA) is 109 Å². The minimum atomic E-state index is -0.933. The molecule has 0 aliphatic heterocycles. The number of carbonyl (C=O) groups is 2. The maximum Gasteiger partial charge on any atom is 0.317 e. The van der Waals surface area contributed by atoms with Crippen LogP contribution in [0, 0.1) is 6.92 Å². The molecule has 1 aromatic heterocycles. The van der Waals surface area contributed by atoms with Crippen LogP contribution >= 0.6 is 0 Å². The van der Waals surface area contributed by atoms with E-state index in [0.717, 1.165) is 0 Å². The first kappa shape index (κ1) is 13.9. The van der Waals surface area contributed by atoms with Crippen LogP contribution in [0.3, 0.4) is 0 Å². The molecule has 0 aliphatic rings. The summed E-state index contributed by atoms with van der Waals surface area (Å²) in [5.74, 6) is 0.0767. The number of hydrogen-bond acceptors (Lipinski definition) is 5. The van der Waals surface area contributed by atoms with Crippen LogP contribution in [-0.4, -0.2) is 52.3 Å². The van der Waals surface area contributed by atoms with Crippen molar-refractivity contribution in [3.05, 3.63) is 11.7 Å². The average Bonchev–Trinajstić information content (AvgIpc) is 2.71. The third kappa shape index (κ3) is 4.81. The van der Waals surface area contributed by atoms with E-state index in [-0.39, 0.29) is 19.0 Å². The van der Waals surface area contributed by atoms with Crippen molar-refractivity contribution in [3.8, 4) is 0 Å². The van der Waals surface area contributed by atoms with Gasteiger partial charge in [-0.15, -0.1) is 0 Å². The summed E-state index contributed by atoms with van der Waals surface area (Å²) >= 11 is 0. The Morgan fingerprint density at radius 2 is 2.22 bits per heavy atom. The summed E-state index contributed by atoms with van der Waals surface area (Å²) in [6.07, 6.45) is 0.393. The maximum atomic E-state index is 11.5. The third-order valence-corrected chi connectivity index (χ3v) is 2.20. The largest absolute Gasteiger partial charge is 0.481 e. The van der Waals surface area contributed by atoms with E-state index < -0.39 is 5.97 Å². The highest BCUT2D eigenvalue weighted by atomic mass is 16.5. The highest BCUT2D eigenvalue weighted by molar-refractivity contribution is 5.74. The summed E-state index contributed by atoms with van der Waals surface area (Å²) in [6, 6.07) is -0.323. The Hall–Kier alpha value is -2.12. The molecule has 0 spiro atoms. The minimum Gasteiger partial charge on any atom is -0.481 e. The second-order valence-corrected chi connectivity index (χ2v) is 3.78. The average molecular weight is 256 g/mol. The molecule has 1 rings (SSSR count).